The SMILES string of the molecule is CC(CO)[C@H](O)C(O[C@@H]1OC(CO[C@@H]2OC(CO)[C@@H](O[C@@H]3OC(CO)[C@H](O)C(O)[C@@H]3O)C(O)[C@@H]2O)[C@@H](O[C@@H]2O[C@@H](CO)[C@H](O)C(O[C@]3(C(=O)O)C[C@@H](O)[C@@H](N)C([C@H](O)[C@H](O)CO)O3)C2O)C(O)[C@@H]1C)[C@H](O)COO[C@@H]1C(CO)O[C@@H](O)[C@@H](O)C1O. The molecule has 0 aromatic heterocycles. The predicted molar refractivity (Wildman–Crippen MR) is 261 cm³/mol. The van der Waals surface area contributed by atoms with Gasteiger partial charge >= 0.3 is 5.97 Å². The van der Waals surface area contributed by atoms with Gasteiger partial charge in [-0.05, 0) is 0 Å². The van der Waals surface area contributed by atoms with Gasteiger partial charge in [-0.25, -0.2) is 14.6 Å². The van der Waals surface area contributed by atoms with Gasteiger partial charge in [-0.1, -0.05) is 13.8 Å². The van der Waals surface area contributed by atoms with Crippen LogP contribution in [0, 0.1) is 11.8 Å². The van der Waals surface area contributed by atoms with Crippen LogP contribution in [0.4, 0.5) is 0 Å². The molecule has 0 aromatic carbocycles. The van der Waals surface area contributed by atoms with Crippen molar-refractivity contribution in [3.63, 3.8) is 0 Å². The lowest BCUT2D eigenvalue weighted by Gasteiger charge is -2.50. The highest BCUT2D eigenvalue weighted by atomic mass is 17.2. The number of aliphatic hydroxyl groups is 22. The molecule has 25 N–H and O–H groups in total. The van der Waals surface area contributed by atoms with Crippen LogP contribution in [0.5, 0.6) is 0 Å². The lowest BCUT2D eigenvalue weighted by Crippen LogP contribution is -2.70. The minimum Gasteiger partial charge on any atom is -0.477 e. The van der Waals surface area contributed by atoms with E-state index in [0.29, 0.717) is 0 Å². The first-order valence-corrected chi connectivity index (χ1v) is 27.1. The second-order valence-electron chi connectivity index (χ2n) is 21.7. The minimum absolute atomic E-state index is 0.745. The van der Waals surface area contributed by atoms with E-state index in [1.807, 2.05) is 0 Å². The molecular weight excluding hydrogens is 1170 g/mol. The Balaban J connectivity index is 1.29. The highest BCUT2D eigenvalue weighted by Gasteiger charge is 2.60. The Hall–Kier alpha value is -1.97. The predicted octanol–water partition coefficient (Wildman–Crippen LogP) is -15.0. The summed E-state index contributed by atoms with van der Waals surface area (Å²) in [5.74, 6) is -7.81. The number of carboxylic acid groups (broad SMARTS) is 1. The van der Waals surface area contributed by atoms with Crippen LogP contribution in [-0.2, 0) is 66.7 Å². The zero-order valence-corrected chi connectivity index (χ0v) is 45.6. The monoisotopic (exact) mass is 1250 g/mol. The van der Waals surface area contributed by atoms with E-state index >= 15 is 0 Å². The molecule has 6 saturated heterocycles. The normalized spacial score (nSPS) is 46.9. The summed E-state index contributed by atoms with van der Waals surface area (Å²) in [5, 5.41) is 245. The molecule has 6 aliphatic rings. The summed E-state index contributed by atoms with van der Waals surface area (Å²) >= 11 is 0. The fraction of sp³-hybridized carbons (Fsp3) is 0.979. The Morgan fingerprint density at radius 1 is 0.576 bits per heavy atom. The van der Waals surface area contributed by atoms with Gasteiger partial charge < -0.3 is 175 Å². The van der Waals surface area contributed by atoms with E-state index in [1.165, 1.54) is 13.8 Å². The Morgan fingerprint density at radius 3 is 1.68 bits per heavy atom. The molecule has 0 aliphatic carbocycles. The number of aliphatic carboxylic acids is 1. The summed E-state index contributed by atoms with van der Waals surface area (Å²) < 4.78 is 62.9. The van der Waals surface area contributed by atoms with Gasteiger partial charge in [0.25, 0.3) is 5.79 Å². The number of aliphatic hydroxyl groups excluding tert-OH is 22. The number of nitrogens with two attached hydrogens (primary N) is 1. The Morgan fingerprint density at radius 2 is 1.11 bits per heavy atom. The van der Waals surface area contributed by atoms with E-state index in [2.05, 4.69) is 0 Å². The maximum Gasteiger partial charge on any atom is 0.364 e. The van der Waals surface area contributed by atoms with E-state index in [4.69, 9.17) is 67.6 Å². The smallest absolute Gasteiger partial charge is 0.364 e. The van der Waals surface area contributed by atoms with Crippen molar-refractivity contribution in [1.29, 1.82) is 0 Å². The third kappa shape index (κ3) is 15.9. The van der Waals surface area contributed by atoms with E-state index in [9.17, 15) is 122 Å². The molecule has 38 nitrogen and oxygen atoms in total. The summed E-state index contributed by atoms with van der Waals surface area (Å²) in [6, 6.07) is -1.64. The highest BCUT2D eigenvalue weighted by molar-refractivity contribution is 5.76. The average Bonchev–Trinajstić information content (AvgIpc) is 2.38. The summed E-state index contributed by atoms with van der Waals surface area (Å²) in [7, 11) is 0. The van der Waals surface area contributed by atoms with Crippen molar-refractivity contribution in [2.24, 2.45) is 17.6 Å². The molecule has 498 valence electrons. The van der Waals surface area contributed by atoms with Crippen LogP contribution in [-0.4, -0.2) is 378 Å². The number of hydrogen-bond acceptors (Lipinski definition) is 37. The van der Waals surface area contributed by atoms with Crippen molar-refractivity contribution in [3.05, 3.63) is 0 Å². The molecule has 35 atom stereocenters. The van der Waals surface area contributed by atoms with E-state index < -0.39 is 279 Å². The molecule has 38 heteroatoms. The van der Waals surface area contributed by atoms with Crippen LogP contribution in [0.2, 0.25) is 0 Å². The van der Waals surface area contributed by atoms with E-state index in [-0.39, 0.29) is 0 Å². The summed E-state index contributed by atoms with van der Waals surface area (Å²) in [6.07, 6.45) is -62.1. The molecular formula is C47H83NO37. The molecule has 6 fully saturated rings. The molecule has 6 rings (SSSR count). The first kappa shape index (κ1) is 72.1. The summed E-state index contributed by atoms with van der Waals surface area (Å²) in [6.45, 7) is -5.24. The summed E-state index contributed by atoms with van der Waals surface area (Å²) in [5.41, 5.74) is 5.98. The maximum absolute atomic E-state index is 13.0. The summed E-state index contributed by atoms with van der Waals surface area (Å²) in [4.78, 5) is 23.3. The molecule has 0 bridgehead atoms. The van der Waals surface area contributed by atoms with Gasteiger partial charge in [0, 0.05) is 24.9 Å². The third-order valence-corrected chi connectivity index (χ3v) is 15.8. The number of hydrogen-bond donors (Lipinski definition) is 24. The van der Waals surface area contributed by atoms with E-state index in [1.54, 1.807) is 0 Å². The fourth-order valence-corrected chi connectivity index (χ4v) is 10.4. The number of ether oxygens (including phenoxy) is 11. The lowest BCUT2D eigenvalue weighted by atomic mass is 9.88. The zero-order valence-electron chi connectivity index (χ0n) is 45.6. The van der Waals surface area contributed by atoms with Crippen molar-refractivity contribution in [2.45, 2.75) is 222 Å². The topological polar surface area (TPSA) is 628 Å². The molecule has 0 spiro atoms. The number of carboxylic acids is 1. The lowest BCUT2D eigenvalue weighted by molar-refractivity contribution is -0.402. The van der Waals surface area contributed by atoms with Gasteiger partial charge in [0.05, 0.1) is 64.0 Å². The van der Waals surface area contributed by atoms with Gasteiger partial charge in [-0.2, -0.15) is 0 Å². The molecule has 0 radical (unpaired) electrons. The van der Waals surface area contributed by atoms with Crippen LogP contribution in [0.15, 0.2) is 0 Å². The zero-order chi connectivity index (χ0) is 63.3. The maximum atomic E-state index is 13.0. The van der Waals surface area contributed by atoms with Gasteiger partial charge in [-0.3, -0.25) is 0 Å². The van der Waals surface area contributed by atoms with Crippen molar-refractivity contribution in [2.75, 3.05) is 52.9 Å². The molecule has 85 heavy (non-hydrogen) atoms. The minimum atomic E-state index is -3.17. The first-order chi connectivity index (χ1) is 40.1. The van der Waals surface area contributed by atoms with Crippen LogP contribution < -0.4 is 5.73 Å². The first-order valence-electron chi connectivity index (χ1n) is 27.1. The average molecular weight is 1250 g/mol. The molecule has 6 aliphatic heterocycles. The number of rotatable bonds is 27. The largest absolute Gasteiger partial charge is 0.477 e. The van der Waals surface area contributed by atoms with Crippen molar-refractivity contribution in [1.82, 2.24) is 0 Å². The quantitative estimate of drug-likeness (QED) is 0.0268. The van der Waals surface area contributed by atoms with Crippen molar-refractivity contribution >= 4 is 5.97 Å². The fourth-order valence-electron chi connectivity index (χ4n) is 10.4. The number of carbonyl (C=O) groups is 1. The highest BCUT2D eigenvalue weighted by Crippen LogP contribution is 2.40. The molecule has 13 unspecified atom stereocenters. The van der Waals surface area contributed by atoms with Crippen LogP contribution in [0.25, 0.3) is 0 Å². The Labute approximate surface area is 482 Å². The van der Waals surface area contributed by atoms with Crippen LogP contribution >= 0.6 is 0 Å². The van der Waals surface area contributed by atoms with Gasteiger partial charge in [-0.15, -0.1) is 0 Å². The van der Waals surface area contributed by atoms with Crippen molar-refractivity contribution < 1.29 is 184 Å². The van der Waals surface area contributed by atoms with Gasteiger partial charge in [0.2, 0.25) is 0 Å². The standard InChI is InChI=1S/C47H83NO37/c1-12(4-49)23(58)35(16(57)10-74-85-38-20(9-54)75-41(70)31(66)29(38)64)80-42-13(2)24(59)37(21(79-42)11-73-43-33(68)30(65)36(19(8-53)78-43)81-44-32(67)28(63)26(61)17(6-51)76-44)82-45-34(69)40(27(62)18(7-52)77-45)84-47(46(71)72)3-14(55)22(48)39(83-47)25(60)15(56)5-50/h12-45,49-70H,3-11,48H2,1-2H3,(H,71,72)/t12?,13-,14+,15+,16+,17?,18-,19?,20?,21?,22+,23-,24?,25+,26-,27-,28?,29?,30?,31-,32-,33-,34?,35?,36+,37+,38+,39?,40?,41+,42-,43+,44-,45-,47-/m0/s1. The molecule has 0 amide bonds. The second-order valence-corrected chi connectivity index (χ2v) is 21.7. The Kier molecular flexibility index (Phi) is 26.6. The van der Waals surface area contributed by atoms with Crippen LogP contribution in [0.3, 0.4) is 0 Å². The Bertz CT molecular complexity index is 2010. The van der Waals surface area contributed by atoms with Crippen LogP contribution in [0.1, 0.15) is 20.3 Å². The van der Waals surface area contributed by atoms with Gasteiger partial charge in [0.1, 0.15) is 147 Å². The molecule has 6 heterocycles. The van der Waals surface area contributed by atoms with Crippen molar-refractivity contribution in [3.8, 4) is 0 Å². The molecule has 0 saturated carbocycles. The second kappa shape index (κ2) is 31.4. The van der Waals surface area contributed by atoms with E-state index in [0.717, 1.165) is 0 Å². The third-order valence-electron chi connectivity index (χ3n) is 15.8. The van der Waals surface area contributed by atoms with Gasteiger partial charge in [0.15, 0.2) is 31.5 Å². The molecule has 0 aromatic rings.